The summed E-state index contributed by atoms with van der Waals surface area (Å²) in [5.41, 5.74) is 1.88. The van der Waals surface area contributed by atoms with Crippen molar-refractivity contribution in [1.82, 2.24) is 19.9 Å². The van der Waals surface area contributed by atoms with Gasteiger partial charge in [0.1, 0.15) is 5.76 Å². The van der Waals surface area contributed by atoms with Gasteiger partial charge in [-0.25, -0.2) is 0 Å². The van der Waals surface area contributed by atoms with Gasteiger partial charge in [0.15, 0.2) is 0 Å². The van der Waals surface area contributed by atoms with Crippen molar-refractivity contribution in [2.45, 2.75) is 32.9 Å². The number of carbonyl (C=O) groups excluding carboxylic acids is 1. The number of aromatic nitrogens is 1. The summed E-state index contributed by atoms with van der Waals surface area (Å²) in [6.45, 7) is 7.39. The fourth-order valence-corrected chi connectivity index (χ4v) is 2.73. The second-order valence-corrected chi connectivity index (χ2v) is 6.15. The molecule has 6 nitrogen and oxygen atoms in total. The average molecular weight is 294 g/mol. The third-order valence-electron chi connectivity index (χ3n) is 4.39. The van der Waals surface area contributed by atoms with E-state index in [4.69, 9.17) is 4.52 Å². The van der Waals surface area contributed by atoms with Crippen molar-refractivity contribution in [3.63, 3.8) is 0 Å². The fraction of sp³-hybridized carbons (Fsp3) is 0.733. The van der Waals surface area contributed by atoms with E-state index in [9.17, 15) is 4.79 Å². The van der Waals surface area contributed by atoms with Gasteiger partial charge in [-0.3, -0.25) is 4.79 Å². The molecule has 1 aliphatic rings. The zero-order valence-corrected chi connectivity index (χ0v) is 13.7. The zero-order chi connectivity index (χ0) is 15.6. The minimum absolute atomic E-state index is 0.169. The van der Waals surface area contributed by atoms with Gasteiger partial charge >= 0.3 is 0 Å². The lowest BCUT2D eigenvalue weighted by atomic mass is 10.1. The quantitative estimate of drug-likeness (QED) is 0.825. The predicted molar refractivity (Wildman–Crippen MR) is 81.0 cm³/mol. The smallest absolute Gasteiger partial charge is 0.224 e. The summed E-state index contributed by atoms with van der Waals surface area (Å²) in [7, 11) is 6.05. The molecule has 1 atom stereocenters. The van der Waals surface area contributed by atoms with Crippen LogP contribution in [0.3, 0.4) is 0 Å². The molecule has 0 radical (unpaired) electrons. The highest BCUT2D eigenvalue weighted by molar-refractivity contribution is 5.76. The molecule has 118 valence electrons. The van der Waals surface area contributed by atoms with Gasteiger partial charge in [-0.15, -0.1) is 0 Å². The monoisotopic (exact) mass is 294 g/mol. The molecule has 2 rings (SSSR count). The SMILES string of the molecule is Cc1noc(C)c1CN(C)C(=O)C[C@@H]1CN(C)CCN1C. The standard InChI is InChI=1S/C15H26N4O2/c1-11-14(12(2)21-16-11)10-19(5)15(20)8-13-9-17(3)6-7-18(13)4/h13H,6-10H2,1-5H3/t13-/m1/s1. The molecule has 1 aromatic rings. The van der Waals surface area contributed by atoms with E-state index in [0.29, 0.717) is 19.0 Å². The van der Waals surface area contributed by atoms with Gasteiger partial charge in [0.05, 0.1) is 12.2 Å². The zero-order valence-electron chi connectivity index (χ0n) is 13.7. The Morgan fingerprint density at radius 1 is 1.38 bits per heavy atom. The van der Waals surface area contributed by atoms with Crippen LogP contribution in [-0.2, 0) is 11.3 Å². The summed E-state index contributed by atoms with van der Waals surface area (Å²) in [6, 6.07) is 0.295. The Labute approximate surface area is 126 Å². The summed E-state index contributed by atoms with van der Waals surface area (Å²) < 4.78 is 5.15. The molecule has 1 amide bonds. The summed E-state index contributed by atoms with van der Waals surface area (Å²) in [5, 5.41) is 3.94. The molecule has 1 fully saturated rings. The van der Waals surface area contributed by atoms with E-state index >= 15 is 0 Å². The first-order valence-electron chi connectivity index (χ1n) is 7.43. The van der Waals surface area contributed by atoms with Crippen LogP contribution in [0.2, 0.25) is 0 Å². The van der Waals surface area contributed by atoms with Crippen LogP contribution >= 0.6 is 0 Å². The predicted octanol–water partition coefficient (Wildman–Crippen LogP) is 0.886. The van der Waals surface area contributed by atoms with Crippen LogP contribution in [0.25, 0.3) is 0 Å². The molecule has 21 heavy (non-hydrogen) atoms. The second-order valence-electron chi connectivity index (χ2n) is 6.15. The van der Waals surface area contributed by atoms with E-state index in [1.165, 1.54) is 0 Å². The van der Waals surface area contributed by atoms with Crippen molar-refractivity contribution in [3.8, 4) is 0 Å². The number of carbonyl (C=O) groups is 1. The number of piperazine rings is 1. The topological polar surface area (TPSA) is 52.8 Å². The number of hydrogen-bond acceptors (Lipinski definition) is 5. The van der Waals surface area contributed by atoms with Gasteiger partial charge in [0, 0.05) is 44.7 Å². The first kappa shape index (κ1) is 16.0. The molecule has 0 N–H and O–H groups in total. The Balaban J connectivity index is 1.93. The van der Waals surface area contributed by atoms with E-state index in [2.05, 4.69) is 29.1 Å². The molecule has 0 aromatic carbocycles. The molecular formula is C15H26N4O2. The molecule has 0 bridgehead atoms. The van der Waals surface area contributed by atoms with Crippen LogP contribution in [0.4, 0.5) is 0 Å². The summed E-state index contributed by atoms with van der Waals surface area (Å²) in [5.74, 6) is 0.962. The molecule has 0 spiro atoms. The van der Waals surface area contributed by atoms with Crippen LogP contribution in [0.5, 0.6) is 0 Å². The summed E-state index contributed by atoms with van der Waals surface area (Å²) in [6.07, 6.45) is 0.556. The van der Waals surface area contributed by atoms with Crippen LogP contribution < -0.4 is 0 Å². The van der Waals surface area contributed by atoms with Crippen LogP contribution in [-0.4, -0.2) is 72.6 Å². The molecule has 2 heterocycles. The Morgan fingerprint density at radius 2 is 2.10 bits per heavy atom. The molecule has 0 unspecified atom stereocenters. The fourth-order valence-electron chi connectivity index (χ4n) is 2.73. The number of aryl methyl sites for hydroxylation is 2. The maximum atomic E-state index is 12.4. The molecule has 6 heteroatoms. The van der Waals surface area contributed by atoms with Crippen molar-refractivity contribution in [2.75, 3.05) is 40.8 Å². The molecule has 1 aliphatic heterocycles. The second kappa shape index (κ2) is 6.58. The minimum Gasteiger partial charge on any atom is -0.361 e. The van der Waals surface area contributed by atoms with E-state index in [0.717, 1.165) is 36.7 Å². The van der Waals surface area contributed by atoms with E-state index < -0.39 is 0 Å². The Kier molecular flexibility index (Phi) is 5.00. The van der Waals surface area contributed by atoms with E-state index in [1.54, 1.807) is 4.90 Å². The molecule has 0 aliphatic carbocycles. The van der Waals surface area contributed by atoms with Crippen LogP contribution in [0.1, 0.15) is 23.4 Å². The number of hydrogen-bond donors (Lipinski definition) is 0. The summed E-state index contributed by atoms with van der Waals surface area (Å²) >= 11 is 0. The van der Waals surface area contributed by atoms with Crippen molar-refractivity contribution in [1.29, 1.82) is 0 Å². The molecule has 0 saturated carbocycles. The highest BCUT2D eigenvalue weighted by Crippen LogP contribution is 2.16. The van der Waals surface area contributed by atoms with Crippen molar-refractivity contribution >= 4 is 5.91 Å². The van der Waals surface area contributed by atoms with Crippen molar-refractivity contribution in [3.05, 3.63) is 17.0 Å². The van der Waals surface area contributed by atoms with Crippen molar-refractivity contribution < 1.29 is 9.32 Å². The maximum absolute atomic E-state index is 12.4. The average Bonchev–Trinajstić information content (AvgIpc) is 2.74. The molecule has 1 saturated heterocycles. The number of nitrogens with zero attached hydrogens (tertiary/aromatic N) is 4. The lowest BCUT2D eigenvalue weighted by molar-refractivity contribution is -0.132. The van der Waals surface area contributed by atoms with E-state index in [-0.39, 0.29) is 5.91 Å². The Morgan fingerprint density at radius 3 is 2.71 bits per heavy atom. The van der Waals surface area contributed by atoms with Gasteiger partial charge in [-0.2, -0.15) is 0 Å². The van der Waals surface area contributed by atoms with Gasteiger partial charge in [-0.05, 0) is 27.9 Å². The lowest BCUT2D eigenvalue weighted by Gasteiger charge is -2.38. The highest BCUT2D eigenvalue weighted by atomic mass is 16.5. The normalized spacial score (nSPS) is 20.7. The van der Waals surface area contributed by atoms with Crippen molar-refractivity contribution in [2.24, 2.45) is 0 Å². The third-order valence-corrected chi connectivity index (χ3v) is 4.39. The van der Waals surface area contributed by atoms with Gasteiger partial charge in [0.25, 0.3) is 0 Å². The summed E-state index contributed by atoms with van der Waals surface area (Å²) in [4.78, 5) is 18.8. The molecule has 1 aromatic heterocycles. The maximum Gasteiger partial charge on any atom is 0.224 e. The van der Waals surface area contributed by atoms with Crippen LogP contribution in [0, 0.1) is 13.8 Å². The molecular weight excluding hydrogens is 268 g/mol. The largest absolute Gasteiger partial charge is 0.361 e. The first-order valence-corrected chi connectivity index (χ1v) is 7.43. The number of likely N-dealkylation sites (N-methyl/N-ethyl adjacent to an activating group) is 2. The number of amides is 1. The lowest BCUT2D eigenvalue weighted by Crippen LogP contribution is -2.51. The minimum atomic E-state index is 0.169. The van der Waals surface area contributed by atoms with Gasteiger partial charge in [-0.1, -0.05) is 5.16 Å². The van der Waals surface area contributed by atoms with E-state index in [1.807, 2.05) is 20.9 Å². The van der Waals surface area contributed by atoms with Gasteiger partial charge in [0.2, 0.25) is 5.91 Å². The Bertz CT molecular complexity index is 480. The van der Waals surface area contributed by atoms with Gasteiger partial charge < -0.3 is 19.2 Å². The third kappa shape index (κ3) is 3.83. The highest BCUT2D eigenvalue weighted by Gasteiger charge is 2.26. The van der Waals surface area contributed by atoms with Crippen LogP contribution in [0.15, 0.2) is 4.52 Å². The number of rotatable bonds is 4. The Hall–Kier alpha value is -1.40. The first-order chi connectivity index (χ1) is 9.88.